The molecule has 2 aromatic carbocycles. The largest absolute Gasteiger partial charge is 0.471 e. The molecule has 1 N–H and O–H groups in total. The van der Waals surface area contributed by atoms with Crippen molar-refractivity contribution in [3.63, 3.8) is 0 Å². The van der Waals surface area contributed by atoms with E-state index in [-0.39, 0.29) is 12.4 Å². The van der Waals surface area contributed by atoms with Gasteiger partial charge in [-0.05, 0) is 17.7 Å². The van der Waals surface area contributed by atoms with Gasteiger partial charge in [-0.15, -0.1) is 0 Å². The topological polar surface area (TPSA) is 55.8 Å². The van der Waals surface area contributed by atoms with Gasteiger partial charge in [0, 0.05) is 5.56 Å². The summed E-state index contributed by atoms with van der Waals surface area (Å²) in [6, 6.07) is 11.4. The molecule has 0 amide bonds. The molecule has 2 rings (SSSR count). The van der Waals surface area contributed by atoms with Crippen LogP contribution in [0.5, 0.6) is 5.75 Å². The average molecular weight is 302 g/mol. The Hall–Kier alpha value is -2.34. The van der Waals surface area contributed by atoms with E-state index < -0.39 is 17.9 Å². The number of halogens is 1. The van der Waals surface area contributed by atoms with Gasteiger partial charge in [0.05, 0.1) is 13.7 Å². The third-order valence-corrected chi connectivity index (χ3v) is 3.32. The second kappa shape index (κ2) is 7.09. The minimum absolute atomic E-state index is 0.0612. The second-order valence-electron chi connectivity index (χ2n) is 4.80. The van der Waals surface area contributed by atoms with Crippen molar-refractivity contribution in [2.75, 3.05) is 7.11 Å². The van der Waals surface area contributed by atoms with Crippen molar-refractivity contribution >= 4 is 19.3 Å². The predicted molar refractivity (Wildman–Crippen MR) is 82.3 cm³/mol. The molecule has 22 heavy (non-hydrogen) atoms. The summed E-state index contributed by atoms with van der Waals surface area (Å²) >= 11 is 0. The van der Waals surface area contributed by atoms with Crippen LogP contribution in [0.15, 0.2) is 42.5 Å². The van der Waals surface area contributed by atoms with Gasteiger partial charge >= 0.3 is 5.97 Å². The van der Waals surface area contributed by atoms with Gasteiger partial charge in [-0.2, -0.15) is 0 Å². The van der Waals surface area contributed by atoms with Gasteiger partial charge in [-0.3, -0.25) is 0 Å². The maximum absolute atomic E-state index is 14.1. The summed E-state index contributed by atoms with van der Waals surface area (Å²) in [5, 5.41) is 9.14. The Morgan fingerprint density at radius 1 is 1.32 bits per heavy atom. The van der Waals surface area contributed by atoms with E-state index >= 15 is 0 Å². The third-order valence-electron chi connectivity index (χ3n) is 3.32. The monoisotopic (exact) mass is 302 g/mol. The number of hydrogen-bond acceptors (Lipinski definition) is 4. The van der Waals surface area contributed by atoms with Crippen molar-refractivity contribution in [2.24, 2.45) is 0 Å². The summed E-state index contributed by atoms with van der Waals surface area (Å²) in [7, 11) is 2.98. The fourth-order valence-corrected chi connectivity index (χ4v) is 2.07. The van der Waals surface area contributed by atoms with Crippen LogP contribution in [-0.2, 0) is 16.1 Å². The number of hydrogen-bond donors (Lipinski definition) is 1. The van der Waals surface area contributed by atoms with Crippen molar-refractivity contribution in [2.45, 2.75) is 12.7 Å². The molecule has 0 saturated carbocycles. The second-order valence-corrected chi connectivity index (χ2v) is 4.80. The fourth-order valence-electron chi connectivity index (χ4n) is 2.07. The molecule has 4 nitrogen and oxygen atoms in total. The molecule has 0 aliphatic heterocycles. The fraction of sp³-hybridized carbons (Fsp3) is 0.188. The highest BCUT2D eigenvalue weighted by molar-refractivity contribution is 6.33. The van der Waals surface area contributed by atoms with Gasteiger partial charge in [-0.25, -0.2) is 9.18 Å². The molecule has 6 heteroatoms. The van der Waals surface area contributed by atoms with Gasteiger partial charge in [0.25, 0.3) is 0 Å². The molecule has 0 aliphatic rings. The number of benzene rings is 2. The zero-order valence-corrected chi connectivity index (χ0v) is 12.4. The highest BCUT2D eigenvalue weighted by Crippen LogP contribution is 2.25. The first kappa shape index (κ1) is 16.0. The van der Waals surface area contributed by atoms with E-state index in [1.54, 1.807) is 38.2 Å². The predicted octanol–water partition coefficient (Wildman–Crippen LogP) is 0.870. The SMILES string of the molecule is Bc1cc(OC(C(=O)OC)c2ccccc2)c(F)cc1CO. The normalized spacial score (nSPS) is 11.8. The van der Waals surface area contributed by atoms with Gasteiger partial charge in [0.2, 0.25) is 6.10 Å². The van der Waals surface area contributed by atoms with Crippen LogP contribution in [0.25, 0.3) is 0 Å². The van der Waals surface area contributed by atoms with Crippen LogP contribution in [0.2, 0.25) is 0 Å². The van der Waals surface area contributed by atoms with Crippen molar-refractivity contribution < 1.29 is 23.8 Å². The number of rotatable bonds is 5. The number of esters is 1. The van der Waals surface area contributed by atoms with E-state index in [9.17, 15) is 9.18 Å². The molecule has 0 bridgehead atoms. The number of ether oxygens (including phenoxy) is 2. The molecule has 1 unspecified atom stereocenters. The van der Waals surface area contributed by atoms with Crippen LogP contribution in [0.4, 0.5) is 4.39 Å². The van der Waals surface area contributed by atoms with E-state index in [0.29, 0.717) is 16.6 Å². The number of carbonyl (C=O) groups is 1. The Morgan fingerprint density at radius 2 is 2.00 bits per heavy atom. The zero-order chi connectivity index (χ0) is 16.1. The van der Waals surface area contributed by atoms with Crippen molar-refractivity contribution in [3.05, 3.63) is 59.4 Å². The molecule has 0 fully saturated rings. The lowest BCUT2D eigenvalue weighted by molar-refractivity contribution is -0.149. The Balaban J connectivity index is 2.36. The van der Waals surface area contributed by atoms with Crippen molar-refractivity contribution in [3.8, 4) is 5.75 Å². The number of aliphatic hydroxyl groups is 1. The van der Waals surface area contributed by atoms with Crippen LogP contribution in [-0.4, -0.2) is 26.0 Å². The molecule has 2 aromatic rings. The van der Waals surface area contributed by atoms with E-state index in [2.05, 4.69) is 0 Å². The quantitative estimate of drug-likeness (QED) is 0.658. The molecule has 0 aliphatic carbocycles. The summed E-state index contributed by atoms with van der Waals surface area (Å²) < 4.78 is 24.3. The molecular formula is C16H16BFO4. The summed E-state index contributed by atoms with van der Waals surface area (Å²) in [5.41, 5.74) is 1.72. The van der Waals surface area contributed by atoms with Crippen molar-refractivity contribution in [1.82, 2.24) is 0 Å². The minimum Gasteiger partial charge on any atom is -0.471 e. The Labute approximate surface area is 128 Å². The molecule has 0 saturated heterocycles. The summed E-state index contributed by atoms with van der Waals surface area (Å²) in [5.74, 6) is -1.32. The van der Waals surface area contributed by atoms with Crippen LogP contribution in [0.3, 0.4) is 0 Å². The third kappa shape index (κ3) is 3.46. The zero-order valence-electron chi connectivity index (χ0n) is 12.4. The van der Waals surface area contributed by atoms with Crippen LogP contribution in [0, 0.1) is 5.82 Å². The molecule has 0 spiro atoms. The van der Waals surface area contributed by atoms with E-state index in [4.69, 9.17) is 14.6 Å². The van der Waals surface area contributed by atoms with Crippen LogP contribution < -0.4 is 10.2 Å². The van der Waals surface area contributed by atoms with E-state index in [1.165, 1.54) is 19.2 Å². The van der Waals surface area contributed by atoms with Crippen molar-refractivity contribution in [1.29, 1.82) is 0 Å². The minimum atomic E-state index is -1.06. The van der Waals surface area contributed by atoms with E-state index in [0.717, 1.165) is 0 Å². The van der Waals surface area contributed by atoms with E-state index in [1.807, 2.05) is 0 Å². The molecule has 0 heterocycles. The molecule has 114 valence electrons. The molecule has 0 aromatic heterocycles. The highest BCUT2D eigenvalue weighted by Gasteiger charge is 2.25. The Morgan fingerprint density at radius 3 is 2.59 bits per heavy atom. The standard InChI is InChI=1S/C16H16BFO4/c1-21-16(20)15(10-5-3-2-4-6-10)22-14-8-12(17)11(9-19)7-13(14)18/h2-8,15,19H,9,17H2,1H3. The average Bonchev–Trinajstić information content (AvgIpc) is 2.55. The highest BCUT2D eigenvalue weighted by atomic mass is 19.1. The number of methoxy groups -OCH3 is 1. The maximum Gasteiger partial charge on any atom is 0.351 e. The number of aliphatic hydroxyl groups excluding tert-OH is 1. The first-order valence-electron chi connectivity index (χ1n) is 6.76. The van der Waals surface area contributed by atoms with Gasteiger partial charge < -0.3 is 14.6 Å². The first-order valence-corrected chi connectivity index (χ1v) is 6.76. The van der Waals surface area contributed by atoms with Gasteiger partial charge in [0.1, 0.15) is 7.85 Å². The molecule has 1 atom stereocenters. The first-order chi connectivity index (χ1) is 10.6. The van der Waals surface area contributed by atoms with Gasteiger partial charge in [0.15, 0.2) is 11.6 Å². The smallest absolute Gasteiger partial charge is 0.351 e. The van der Waals surface area contributed by atoms with Crippen LogP contribution >= 0.6 is 0 Å². The summed E-state index contributed by atoms with van der Waals surface area (Å²) in [4.78, 5) is 11.9. The molecule has 0 radical (unpaired) electrons. The lowest BCUT2D eigenvalue weighted by Gasteiger charge is -2.18. The van der Waals surface area contributed by atoms with Gasteiger partial charge in [-0.1, -0.05) is 35.8 Å². The Bertz CT molecular complexity index is 661. The lowest BCUT2D eigenvalue weighted by atomic mass is 9.90. The summed E-state index contributed by atoms with van der Waals surface area (Å²) in [6.45, 7) is -0.262. The summed E-state index contributed by atoms with van der Waals surface area (Å²) in [6.07, 6.45) is -1.06. The maximum atomic E-state index is 14.1. The number of carbonyl (C=O) groups excluding carboxylic acids is 1. The van der Waals surface area contributed by atoms with Crippen LogP contribution in [0.1, 0.15) is 17.2 Å². The molecular weight excluding hydrogens is 286 g/mol. The lowest BCUT2D eigenvalue weighted by Crippen LogP contribution is -2.22. The Kier molecular flexibility index (Phi) is 5.17.